The number of nitrogens with one attached hydrogen (secondary N) is 2. The number of carbonyl (C=O) groups is 1. The number of hydrogen-bond acceptors (Lipinski definition) is 8. The molecule has 0 saturated carbocycles. The van der Waals surface area contributed by atoms with E-state index < -0.39 is 6.04 Å². The van der Waals surface area contributed by atoms with Crippen molar-refractivity contribution in [1.29, 1.82) is 0 Å². The molecule has 2 aromatic heterocycles. The van der Waals surface area contributed by atoms with E-state index in [9.17, 15) is 4.79 Å². The number of allylic oxidation sites excluding steroid dienone is 1. The number of aryl methyl sites for hydroxylation is 1. The Hall–Kier alpha value is -3.53. The molecule has 156 valence electrons. The molecule has 1 aromatic carbocycles. The van der Waals surface area contributed by atoms with Crippen molar-refractivity contribution in [2.75, 3.05) is 24.9 Å². The van der Waals surface area contributed by atoms with Gasteiger partial charge in [-0.25, -0.2) is 0 Å². The van der Waals surface area contributed by atoms with Crippen LogP contribution in [0.1, 0.15) is 24.5 Å². The summed E-state index contributed by atoms with van der Waals surface area (Å²) in [6, 6.07) is 6.14. The van der Waals surface area contributed by atoms with E-state index in [0.717, 1.165) is 0 Å². The van der Waals surface area contributed by atoms with Crippen LogP contribution in [0.3, 0.4) is 0 Å². The van der Waals surface area contributed by atoms with Gasteiger partial charge in [-0.05, 0) is 36.4 Å². The lowest BCUT2D eigenvalue weighted by Crippen LogP contribution is -2.31. The number of furan rings is 1. The van der Waals surface area contributed by atoms with Crippen molar-refractivity contribution in [3.8, 4) is 11.5 Å². The second-order valence-electron chi connectivity index (χ2n) is 6.60. The fraction of sp³-hybridized carbons (Fsp3) is 0.263. The highest BCUT2D eigenvalue weighted by molar-refractivity contribution is 6.32. The number of hydrogen-bond donors (Lipinski definition) is 2. The van der Waals surface area contributed by atoms with Gasteiger partial charge in [-0.1, -0.05) is 16.7 Å². The molecule has 11 heteroatoms. The zero-order chi connectivity index (χ0) is 21.4. The Labute approximate surface area is 176 Å². The Morgan fingerprint density at radius 2 is 2.00 bits per heavy atom. The number of anilines is 2. The molecule has 1 amide bonds. The van der Waals surface area contributed by atoms with Gasteiger partial charge in [0.25, 0.3) is 5.91 Å². The van der Waals surface area contributed by atoms with E-state index >= 15 is 0 Å². The van der Waals surface area contributed by atoms with Crippen molar-refractivity contribution in [3.05, 3.63) is 52.1 Å². The second-order valence-corrected chi connectivity index (χ2v) is 7.01. The summed E-state index contributed by atoms with van der Waals surface area (Å²) in [5, 5.41) is 18.0. The number of aromatic nitrogens is 4. The lowest BCUT2D eigenvalue weighted by atomic mass is 10.00. The quantitative estimate of drug-likeness (QED) is 0.634. The molecule has 30 heavy (non-hydrogen) atoms. The molecule has 3 heterocycles. The van der Waals surface area contributed by atoms with Gasteiger partial charge in [-0.2, -0.15) is 4.68 Å². The molecule has 1 aliphatic heterocycles. The van der Waals surface area contributed by atoms with E-state index in [1.54, 1.807) is 25.1 Å². The highest BCUT2D eigenvalue weighted by Gasteiger charge is 2.36. The van der Waals surface area contributed by atoms with Gasteiger partial charge in [-0.15, -0.1) is 0 Å². The molecule has 0 saturated heterocycles. The molecule has 4 rings (SSSR count). The van der Waals surface area contributed by atoms with Crippen molar-refractivity contribution in [2.24, 2.45) is 0 Å². The average molecular weight is 431 g/mol. The first-order valence-electron chi connectivity index (χ1n) is 8.97. The third-order valence-electron chi connectivity index (χ3n) is 4.71. The van der Waals surface area contributed by atoms with Crippen molar-refractivity contribution in [3.63, 3.8) is 0 Å². The zero-order valence-corrected chi connectivity index (χ0v) is 17.4. The molecule has 10 nitrogen and oxygen atoms in total. The standard InChI is InChI=1S/C19H19ClN6O4/c1-9-5-6-13(30-9)17-16(10(2)21-19-23-24-25-26(17)19)18(27)22-12-8-14(28-3)11(20)7-15(12)29-4/h5-8,17H,1-4H3,(H,22,27)(H,21,23,25)/t17-/m1/s1. The molecule has 0 aliphatic carbocycles. The zero-order valence-electron chi connectivity index (χ0n) is 16.7. The molecule has 0 fully saturated rings. The molecule has 0 radical (unpaired) electrons. The van der Waals surface area contributed by atoms with Gasteiger partial charge in [0.05, 0.1) is 30.5 Å². The number of methoxy groups -OCH3 is 2. The topological polar surface area (TPSA) is 116 Å². The number of carbonyl (C=O) groups excluding carboxylic acids is 1. The van der Waals surface area contributed by atoms with Gasteiger partial charge >= 0.3 is 0 Å². The van der Waals surface area contributed by atoms with E-state index in [4.69, 9.17) is 25.5 Å². The van der Waals surface area contributed by atoms with Crippen LogP contribution in [-0.4, -0.2) is 40.3 Å². The molecule has 2 N–H and O–H groups in total. The summed E-state index contributed by atoms with van der Waals surface area (Å²) < 4.78 is 17.9. The molecule has 3 aromatic rings. The fourth-order valence-corrected chi connectivity index (χ4v) is 3.55. The minimum atomic E-state index is -0.648. The van der Waals surface area contributed by atoms with E-state index in [1.165, 1.54) is 18.9 Å². The van der Waals surface area contributed by atoms with Crippen LogP contribution in [0.15, 0.2) is 40.0 Å². The van der Waals surface area contributed by atoms with Crippen LogP contribution < -0.4 is 20.1 Å². The number of nitrogens with zero attached hydrogens (tertiary/aromatic N) is 4. The first kappa shape index (κ1) is 19.8. The molecular formula is C19H19ClN6O4. The van der Waals surface area contributed by atoms with E-state index in [1.807, 2.05) is 13.0 Å². The number of halogens is 1. The number of fused-ring (bicyclic) bond motifs is 1. The van der Waals surface area contributed by atoms with E-state index in [2.05, 4.69) is 26.2 Å². The third kappa shape index (κ3) is 3.35. The molecule has 0 bridgehead atoms. The highest BCUT2D eigenvalue weighted by Crippen LogP contribution is 2.39. The smallest absolute Gasteiger partial charge is 0.256 e. The highest BCUT2D eigenvalue weighted by atomic mass is 35.5. The van der Waals surface area contributed by atoms with Crippen LogP contribution in [0.25, 0.3) is 0 Å². The molecule has 1 atom stereocenters. The molecule has 0 spiro atoms. The first-order chi connectivity index (χ1) is 14.4. The molecule has 0 unspecified atom stereocenters. The second kappa shape index (κ2) is 7.71. The van der Waals surface area contributed by atoms with Crippen LogP contribution in [0.2, 0.25) is 5.02 Å². The maximum absolute atomic E-state index is 13.4. The number of rotatable bonds is 5. The first-order valence-corrected chi connectivity index (χ1v) is 9.35. The largest absolute Gasteiger partial charge is 0.495 e. The average Bonchev–Trinajstić information content (AvgIpc) is 3.36. The Morgan fingerprint density at radius 3 is 2.67 bits per heavy atom. The summed E-state index contributed by atoms with van der Waals surface area (Å²) in [7, 11) is 2.98. The Balaban J connectivity index is 1.75. The predicted octanol–water partition coefficient (Wildman–Crippen LogP) is 3.17. The fourth-order valence-electron chi connectivity index (χ4n) is 3.32. The van der Waals surface area contributed by atoms with Gasteiger partial charge in [0, 0.05) is 17.8 Å². The molecular weight excluding hydrogens is 412 g/mol. The van der Waals surface area contributed by atoms with Crippen LogP contribution in [0.5, 0.6) is 11.5 Å². The summed E-state index contributed by atoms with van der Waals surface area (Å²) in [5.74, 6) is 2.06. The third-order valence-corrected chi connectivity index (χ3v) is 5.01. The van der Waals surface area contributed by atoms with Gasteiger partial charge in [0.15, 0.2) is 0 Å². The summed E-state index contributed by atoms with van der Waals surface area (Å²) >= 11 is 6.16. The number of tetrazole rings is 1. The predicted molar refractivity (Wildman–Crippen MR) is 109 cm³/mol. The maximum Gasteiger partial charge on any atom is 0.256 e. The van der Waals surface area contributed by atoms with Gasteiger partial charge in [0.2, 0.25) is 5.95 Å². The van der Waals surface area contributed by atoms with Crippen LogP contribution >= 0.6 is 11.6 Å². The number of amides is 1. The van der Waals surface area contributed by atoms with E-state index in [0.29, 0.717) is 50.9 Å². The Morgan fingerprint density at radius 1 is 1.23 bits per heavy atom. The monoisotopic (exact) mass is 430 g/mol. The van der Waals surface area contributed by atoms with Gasteiger partial charge in [-0.3, -0.25) is 4.79 Å². The van der Waals surface area contributed by atoms with Gasteiger partial charge in [0.1, 0.15) is 29.1 Å². The van der Waals surface area contributed by atoms with Gasteiger partial charge < -0.3 is 24.5 Å². The minimum absolute atomic E-state index is 0.365. The summed E-state index contributed by atoms with van der Waals surface area (Å²) in [4.78, 5) is 13.4. The molecule has 1 aliphatic rings. The van der Waals surface area contributed by atoms with E-state index in [-0.39, 0.29) is 5.91 Å². The van der Waals surface area contributed by atoms with Crippen molar-refractivity contribution >= 4 is 29.1 Å². The SMILES string of the molecule is COc1cc(NC(=O)C2=C(C)Nc3nnnn3[C@@H]2c2ccc(C)o2)c(OC)cc1Cl. The van der Waals surface area contributed by atoms with Crippen LogP contribution in [-0.2, 0) is 4.79 Å². The summed E-state index contributed by atoms with van der Waals surface area (Å²) in [6.45, 7) is 3.60. The maximum atomic E-state index is 13.4. The van der Waals surface area contributed by atoms with Crippen molar-refractivity contribution in [2.45, 2.75) is 19.9 Å². The Bertz CT molecular complexity index is 1150. The van der Waals surface area contributed by atoms with Crippen LogP contribution in [0.4, 0.5) is 11.6 Å². The van der Waals surface area contributed by atoms with Crippen LogP contribution in [0, 0.1) is 6.92 Å². The van der Waals surface area contributed by atoms with Crippen molar-refractivity contribution in [1.82, 2.24) is 20.2 Å². The normalized spacial score (nSPS) is 15.4. The van der Waals surface area contributed by atoms with Crippen molar-refractivity contribution < 1.29 is 18.7 Å². The number of ether oxygens (including phenoxy) is 2. The lowest BCUT2D eigenvalue weighted by molar-refractivity contribution is -0.113. The summed E-state index contributed by atoms with van der Waals surface area (Å²) in [6.07, 6.45) is 0. The Kier molecular flexibility index (Phi) is 5.08. The number of benzene rings is 1. The summed E-state index contributed by atoms with van der Waals surface area (Å²) in [5.41, 5.74) is 1.38. The lowest BCUT2D eigenvalue weighted by Gasteiger charge is -2.26. The minimum Gasteiger partial charge on any atom is -0.495 e.